The van der Waals surface area contributed by atoms with Crippen LogP contribution in [0.5, 0.6) is 0 Å². The van der Waals surface area contributed by atoms with Crippen molar-refractivity contribution >= 4 is 0 Å². The summed E-state index contributed by atoms with van der Waals surface area (Å²) in [5.74, 6) is -1.83. The summed E-state index contributed by atoms with van der Waals surface area (Å²) in [6.45, 7) is 0.934. The minimum atomic E-state index is -0.948. The van der Waals surface area contributed by atoms with E-state index in [1.54, 1.807) is 0 Å². The van der Waals surface area contributed by atoms with E-state index in [-0.39, 0.29) is 11.6 Å². The Bertz CT molecular complexity index is 389. The molecule has 1 aromatic rings. The number of hydrogen-bond acceptors (Lipinski definition) is 2. The fourth-order valence-corrected chi connectivity index (χ4v) is 2.48. The molecule has 2 nitrogen and oxygen atoms in total. The number of halogens is 2. The molecule has 1 fully saturated rings. The van der Waals surface area contributed by atoms with E-state index < -0.39 is 17.7 Å². The van der Waals surface area contributed by atoms with Gasteiger partial charge in [0.15, 0.2) is 11.6 Å². The van der Waals surface area contributed by atoms with Crippen molar-refractivity contribution in [3.8, 4) is 0 Å². The fraction of sp³-hybridized carbons (Fsp3) is 0.571. The largest absolute Gasteiger partial charge is 0.388 e. The Morgan fingerprint density at radius 3 is 2.94 bits per heavy atom. The van der Waals surface area contributed by atoms with Crippen LogP contribution in [-0.4, -0.2) is 17.7 Å². The number of aliphatic hydroxyl groups excluding tert-OH is 1. The highest BCUT2D eigenvalue weighted by Gasteiger charge is 2.20. The second-order valence-corrected chi connectivity index (χ2v) is 4.89. The van der Waals surface area contributed by atoms with E-state index >= 15 is 0 Å². The van der Waals surface area contributed by atoms with Crippen LogP contribution < -0.4 is 5.32 Å². The first-order chi connectivity index (χ1) is 8.68. The maximum atomic E-state index is 13.5. The topological polar surface area (TPSA) is 32.3 Å². The smallest absolute Gasteiger partial charge is 0.164 e. The van der Waals surface area contributed by atoms with Gasteiger partial charge in [-0.25, -0.2) is 8.78 Å². The standard InChI is InChI=1S/C14H19F2NO/c15-12-7-4-6-11(14(12)16)13(18)9-10-5-2-1-3-8-17-10/h4,6-7,10,13,17-18H,1-3,5,8-9H2. The lowest BCUT2D eigenvalue weighted by Gasteiger charge is -2.20. The quantitative estimate of drug-likeness (QED) is 0.870. The molecule has 0 aromatic heterocycles. The normalized spacial score (nSPS) is 22.5. The maximum Gasteiger partial charge on any atom is 0.164 e. The number of aliphatic hydroxyl groups is 1. The molecule has 0 saturated carbocycles. The lowest BCUT2D eigenvalue weighted by Crippen LogP contribution is -2.30. The van der Waals surface area contributed by atoms with Crippen molar-refractivity contribution in [2.45, 2.75) is 44.2 Å². The molecule has 0 spiro atoms. The molecule has 0 bridgehead atoms. The molecule has 100 valence electrons. The molecule has 1 aliphatic heterocycles. The molecular weight excluding hydrogens is 236 g/mol. The van der Waals surface area contributed by atoms with Crippen molar-refractivity contribution in [3.05, 3.63) is 35.4 Å². The van der Waals surface area contributed by atoms with Gasteiger partial charge in [0.1, 0.15) is 0 Å². The van der Waals surface area contributed by atoms with Crippen LogP contribution in [0.1, 0.15) is 43.8 Å². The van der Waals surface area contributed by atoms with Crippen molar-refractivity contribution in [3.63, 3.8) is 0 Å². The predicted molar refractivity (Wildman–Crippen MR) is 66.2 cm³/mol. The van der Waals surface area contributed by atoms with Gasteiger partial charge in [-0.1, -0.05) is 25.0 Å². The second-order valence-electron chi connectivity index (χ2n) is 4.89. The Balaban J connectivity index is 2.02. The Morgan fingerprint density at radius 1 is 1.28 bits per heavy atom. The van der Waals surface area contributed by atoms with Gasteiger partial charge in [-0.05, 0) is 31.9 Å². The SMILES string of the molecule is OC(CC1CCCCCN1)c1cccc(F)c1F. The molecule has 0 amide bonds. The van der Waals surface area contributed by atoms with Crippen molar-refractivity contribution < 1.29 is 13.9 Å². The van der Waals surface area contributed by atoms with Crippen LogP contribution in [0.3, 0.4) is 0 Å². The van der Waals surface area contributed by atoms with Crippen LogP contribution in [0.4, 0.5) is 8.78 Å². The van der Waals surface area contributed by atoms with Gasteiger partial charge in [-0.2, -0.15) is 0 Å². The first-order valence-electron chi connectivity index (χ1n) is 6.54. The highest BCUT2D eigenvalue weighted by molar-refractivity contribution is 5.21. The van der Waals surface area contributed by atoms with Crippen LogP contribution in [0.2, 0.25) is 0 Å². The predicted octanol–water partition coefficient (Wildman–Crippen LogP) is 2.92. The van der Waals surface area contributed by atoms with Gasteiger partial charge in [0, 0.05) is 11.6 Å². The number of nitrogens with one attached hydrogen (secondary N) is 1. The zero-order chi connectivity index (χ0) is 13.0. The van der Waals surface area contributed by atoms with E-state index in [9.17, 15) is 13.9 Å². The van der Waals surface area contributed by atoms with Crippen LogP contribution in [0, 0.1) is 11.6 Å². The average molecular weight is 255 g/mol. The van der Waals surface area contributed by atoms with Crippen molar-refractivity contribution in [2.75, 3.05) is 6.54 Å². The van der Waals surface area contributed by atoms with Crippen LogP contribution in [0.15, 0.2) is 18.2 Å². The molecule has 2 N–H and O–H groups in total. The van der Waals surface area contributed by atoms with E-state index in [0.717, 1.165) is 31.9 Å². The van der Waals surface area contributed by atoms with E-state index in [1.807, 2.05) is 0 Å². The molecule has 1 aromatic carbocycles. The molecule has 4 heteroatoms. The molecular formula is C14H19F2NO. The summed E-state index contributed by atoms with van der Waals surface area (Å²) in [5.41, 5.74) is 0.0565. The lowest BCUT2D eigenvalue weighted by atomic mass is 9.98. The Kier molecular flexibility index (Phi) is 4.66. The maximum absolute atomic E-state index is 13.5. The fourth-order valence-electron chi connectivity index (χ4n) is 2.48. The Labute approximate surface area is 106 Å². The van der Waals surface area contributed by atoms with Gasteiger partial charge >= 0.3 is 0 Å². The third-order valence-electron chi connectivity index (χ3n) is 3.51. The van der Waals surface area contributed by atoms with E-state index in [2.05, 4.69) is 5.32 Å². The average Bonchev–Trinajstić information content (AvgIpc) is 2.61. The Hall–Kier alpha value is -1.00. The summed E-state index contributed by atoms with van der Waals surface area (Å²) in [5, 5.41) is 13.4. The van der Waals surface area contributed by atoms with Gasteiger partial charge in [-0.3, -0.25) is 0 Å². The zero-order valence-electron chi connectivity index (χ0n) is 10.3. The van der Waals surface area contributed by atoms with E-state index in [1.165, 1.54) is 18.6 Å². The zero-order valence-corrected chi connectivity index (χ0v) is 10.3. The summed E-state index contributed by atoms with van der Waals surface area (Å²) >= 11 is 0. The van der Waals surface area contributed by atoms with Gasteiger partial charge in [-0.15, -0.1) is 0 Å². The van der Waals surface area contributed by atoms with Gasteiger partial charge in [0.2, 0.25) is 0 Å². The van der Waals surface area contributed by atoms with Crippen molar-refractivity contribution in [2.24, 2.45) is 0 Å². The van der Waals surface area contributed by atoms with E-state index in [0.29, 0.717) is 6.42 Å². The van der Waals surface area contributed by atoms with E-state index in [4.69, 9.17) is 0 Å². The first-order valence-corrected chi connectivity index (χ1v) is 6.54. The number of rotatable bonds is 3. The molecule has 0 aliphatic carbocycles. The van der Waals surface area contributed by atoms with Crippen LogP contribution in [-0.2, 0) is 0 Å². The third kappa shape index (κ3) is 3.27. The molecule has 2 rings (SSSR count). The highest BCUT2D eigenvalue weighted by Crippen LogP contribution is 2.25. The minimum Gasteiger partial charge on any atom is -0.388 e. The summed E-state index contributed by atoms with van der Waals surface area (Å²) in [4.78, 5) is 0. The molecule has 1 saturated heterocycles. The van der Waals surface area contributed by atoms with Gasteiger partial charge in [0.25, 0.3) is 0 Å². The third-order valence-corrected chi connectivity index (χ3v) is 3.51. The number of benzene rings is 1. The molecule has 18 heavy (non-hydrogen) atoms. The summed E-state index contributed by atoms with van der Waals surface area (Å²) in [7, 11) is 0. The molecule has 0 radical (unpaired) electrons. The first kappa shape index (κ1) is 13.4. The Morgan fingerprint density at radius 2 is 2.11 bits per heavy atom. The second kappa shape index (κ2) is 6.25. The number of hydrogen-bond donors (Lipinski definition) is 2. The van der Waals surface area contributed by atoms with Gasteiger partial charge in [0.05, 0.1) is 6.10 Å². The molecule has 2 unspecified atom stereocenters. The molecule has 1 aliphatic rings. The molecule has 2 atom stereocenters. The highest BCUT2D eigenvalue weighted by atomic mass is 19.2. The lowest BCUT2D eigenvalue weighted by molar-refractivity contribution is 0.145. The van der Waals surface area contributed by atoms with Crippen LogP contribution in [0.25, 0.3) is 0 Å². The summed E-state index contributed by atoms with van der Waals surface area (Å²) in [6, 6.07) is 4.12. The van der Waals surface area contributed by atoms with Crippen molar-refractivity contribution in [1.82, 2.24) is 5.32 Å². The van der Waals surface area contributed by atoms with Crippen molar-refractivity contribution in [1.29, 1.82) is 0 Å². The molecule has 1 heterocycles. The van der Waals surface area contributed by atoms with Crippen LogP contribution >= 0.6 is 0 Å². The van der Waals surface area contributed by atoms with Gasteiger partial charge < -0.3 is 10.4 Å². The monoisotopic (exact) mass is 255 g/mol. The summed E-state index contributed by atoms with van der Waals surface area (Å²) in [6.07, 6.45) is 3.91. The summed E-state index contributed by atoms with van der Waals surface area (Å²) < 4.78 is 26.6. The minimum absolute atomic E-state index is 0.0565.